The molecule has 0 unspecified atom stereocenters. The Morgan fingerprint density at radius 3 is 2.52 bits per heavy atom. The standard InChI is InChI=1S/C15H20N2O5S/c1-11(14(18)17-8-3-4-9-17)22-15(19)12-6-5-7-13(10-12)23(20,21)16-2/h5-7,10-11,16H,3-4,8-9H2,1-2H3/t11-/m0/s1. The summed E-state index contributed by atoms with van der Waals surface area (Å²) in [6, 6.07) is 5.50. The van der Waals surface area contributed by atoms with Crippen LogP contribution < -0.4 is 4.72 Å². The molecule has 7 nitrogen and oxygen atoms in total. The Morgan fingerprint density at radius 1 is 1.26 bits per heavy atom. The molecule has 126 valence electrons. The van der Waals surface area contributed by atoms with Crippen LogP contribution >= 0.6 is 0 Å². The van der Waals surface area contributed by atoms with Crippen molar-refractivity contribution in [3.05, 3.63) is 29.8 Å². The molecule has 1 saturated heterocycles. The number of sulfonamides is 1. The molecule has 1 aromatic rings. The first-order valence-corrected chi connectivity index (χ1v) is 8.87. The molecule has 23 heavy (non-hydrogen) atoms. The molecular weight excluding hydrogens is 320 g/mol. The van der Waals surface area contributed by atoms with Crippen LogP contribution in [0.15, 0.2) is 29.2 Å². The summed E-state index contributed by atoms with van der Waals surface area (Å²) in [7, 11) is -2.36. The largest absolute Gasteiger partial charge is 0.449 e. The van der Waals surface area contributed by atoms with Crippen LogP contribution in [0.4, 0.5) is 0 Å². The minimum absolute atomic E-state index is 0.0343. The van der Waals surface area contributed by atoms with Crippen LogP contribution in [0.5, 0.6) is 0 Å². The van der Waals surface area contributed by atoms with Gasteiger partial charge in [0.15, 0.2) is 6.10 Å². The van der Waals surface area contributed by atoms with Crippen molar-refractivity contribution >= 4 is 21.9 Å². The molecular formula is C15H20N2O5S. The first-order chi connectivity index (χ1) is 10.8. The van der Waals surface area contributed by atoms with Crippen molar-refractivity contribution in [2.24, 2.45) is 0 Å². The number of likely N-dealkylation sites (tertiary alicyclic amines) is 1. The van der Waals surface area contributed by atoms with E-state index >= 15 is 0 Å². The SMILES string of the molecule is CNS(=O)(=O)c1cccc(C(=O)O[C@@H](C)C(=O)N2CCCC2)c1. The number of hydrogen-bond donors (Lipinski definition) is 1. The number of carbonyl (C=O) groups is 2. The number of ether oxygens (including phenoxy) is 1. The van der Waals surface area contributed by atoms with Crippen molar-refractivity contribution in [2.75, 3.05) is 20.1 Å². The van der Waals surface area contributed by atoms with Crippen molar-refractivity contribution in [3.8, 4) is 0 Å². The van der Waals surface area contributed by atoms with Crippen LogP contribution in [0.25, 0.3) is 0 Å². The van der Waals surface area contributed by atoms with Gasteiger partial charge in [-0.15, -0.1) is 0 Å². The molecule has 0 aliphatic carbocycles. The summed E-state index contributed by atoms with van der Waals surface area (Å²) >= 11 is 0. The smallest absolute Gasteiger partial charge is 0.338 e. The van der Waals surface area contributed by atoms with Crippen molar-refractivity contribution in [1.29, 1.82) is 0 Å². The molecule has 0 radical (unpaired) electrons. The van der Waals surface area contributed by atoms with Gasteiger partial charge in [0, 0.05) is 13.1 Å². The van der Waals surface area contributed by atoms with Gasteiger partial charge in [0.2, 0.25) is 10.0 Å². The zero-order chi connectivity index (χ0) is 17.0. The predicted molar refractivity (Wildman–Crippen MR) is 83.4 cm³/mol. The second-order valence-electron chi connectivity index (χ2n) is 5.32. The van der Waals surface area contributed by atoms with Gasteiger partial charge in [-0.1, -0.05) is 6.07 Å². The number of rotatable bonds is 5. The molecule has 1 N–H and O–H groups in total. The Labute approximate surface area is 135 Å². The molecule has 0 spiro atoms. The fourth-order valence-electron chi connectivity index (χ4n) is 2.38. The van der Waals surface area contributed by atoms with Crippen molar-refractivity contribution < 1.29 is 22.7 Å². The number of carbonyl (C=O) groups excluding carboxylic acids is 2. The molecule has 8 heteroatoms. The van der Waals surface area contributed by atoms with Gasteiger partial charge in [-0.3, -0.25) is 4.79 Å². The fraction of sp³-hybridized carbons (Fsp3) is 0.467. The van der Waals surface area contributed by atoms with Gasteiger partial charge in [0.05, 0.1) is 10.5 Å². The molecule has 1 aliphatic rings. The maximum atomic E-state index is 12.1. The third-order valence-corrected chi connectivity index (χ3v) is 5.11. The van der Waals surface area contributed by atoms with Gasteiger partial charge in [-0.2, -0.15) is 0 Å². The molecule has 1 aliphatic heterocycles. The topological polar surface area (TPSA) is 92.8 Å². The molecule has 1 aromatic carbocycles. The highest BCUT2D eigenvalue weighted by Gasteiger charge is 2.26. The van der Waals surface area contributed by atoms with Gasteiger partial charge >= 0.3 is 5.97 Å². The molecule has 0 saturated carbocycles. The molecule has 1 fully saturated rings. The molecule has 0 aromatic heterocycles. The van der Waals surface area contributed by atoms with E-state index in [0.29, 0.717) is 13.1 Å². The van der Waals surface area contributed by atoms with Crippen molar-refractivity contribution in [2.45, 2.75) is 30.8 Å². The summed E-state index contributed by atoms with van der Waals surface area (Å²) in [6.07, 6.45) is 1.01. The Kier molecular flexibility index (Phi) is 5.38. The lowest BCUT2D eigenvalue weighted by atomic mass is 10.2. The highest BCUT2D eigenvalue weighted by molar-refractivity contribution is 7.89. The van der Waals surface area contributed by atoms with Crippen LogP contribution in [-0.2, 0) is 19.6 Å². The number of esters is 1. The minimum atomic E-state index is -3.65. The second kappa shape index (κ2) is 7.10. The Bertz CT molecular complexity index is 696. The summed E-state index contributed by atoms with van der Waals surface area (Å²) in [5, 5.41) is 0. The molecule has 1 atom stereocenters. The normalized spacial score (nSPS) is 16.2. The van der Waals surface area contributed by atoms with E-state index in [9.17, 15) is 18.0 Å². The summed E-state index contributed by atoms with van der Waals surface area (Å²) in [5.41, 5.74) is 0.0856. The van der Waals surface area contributed by atoms with Gasteiger partial charge < -0.3 is 9.64 Å². The maximum absolute atomic E-state index is 12.1. The number of hydrogen-bond acceptors (Lipinski definition) is 5. The van der Waals surface area contributed by atoms with Gasteiger partial charge in [0.25, 0.3) is 5.91 Å². The number of benzene rings is 1. The van der Waals surface area contributed by atoms with E-state index in [1.165, 1.54) is 38.2 Å². The highest BCUT2D eigenvalue weighted by Crippen LogP contribution is 2.15. The van der Waals surface area contributed by atoms with Gasteiger partial charge in [0.1, 0.15) is 0 Å². The molecule has 1 amide bonds. The second-order valence-corrected chi connectivity index (χ2v) is 7.20. The van der Waals surface area contributed by atoms with E-state index in [1.807, 2.05) is 0 Å². The Balaban J connectivity index is 2.08. The van der Waals surface area contributed by atoms with E-state index < -0.39 is 22.1 Å². The number of amides is 1. The quantitative estimate of drug-likeness (QED) is 0.799. The lowest BCUT2D eigenvalue weighted by molar-refractivity contribution is -0.138. The summed E-state index contributed by atoms with van der Waals surface area (Å²) in [5.74, 6) is -0.951. The van der Waals surface area contributed by atoms with Crippen LogP contribution in [0, 0.1) is 0 Å². The van der Waals surface area contributed by atoms with E-state index in [2.05, 4.69) is 4.72 Å². The van der Waals surface area contributed by atoms with Crippen LogP contribution in [0.1, 0.15) is 30.1 Å². The summed E-state index contributed by atoms with van der Waals surface area (Å²) in [6.45, 7) is 2.87. The van der Waals surface area contributed by atoms with E-state index in [-0.39, 0.29) is 16.4 Å². The molecule has 1 heterocycles. The number of nitrogens with zero attached hydrogens (tertiary/aromatic N) is 1. The lowest BCUT2D eigenvalue weighted by Gasteiger charge is -2.20. The minimum Gasteiger partial charge on any atom is -0.449 e. The van der Waals surface area contributed by atoms with Crippen LogP contribution in [-0.4, -0.2) is 51.4 Å². The third kappa shape index (κ3) is 4.08. The number of nitrogens with one attached hydrogen (secondary N) is 1. The van der Waals surface area contributed by atoms with Crippen LogP contribution in [0.3, 0.4) is 0 Å². The summed E-state index contributed by atoms with van der Waals surface area (Å²) < 4.78 is 30.9. The third-order valence-electron chi connectivity index (χ3n) is 3.70. The maximum Gasteiger partial charge on any atom is 0.338 e. The summed E-state index contributed by atoms with van der Waals surface area (Å²) in [4.78, 5) is 25.9. The van der Waals surface area contributed by atoms with E-state index in [4.69, 9.17) is 4.74 Å². The average Bonchev–Trinajstić information content (AvgIpc) is 3.08. The molecule has 0 bridgehead atoms. The Morgan fingerprint density at radius 2 is 1.91 bits per heavy atom. The highest BCUT2D eigenvalue weighted by atomic mass is 32.2. The van der Waals surface area contributed by atoms with Gasteiger partial charge in [-0.05, 0) is 45.0 Å². The zero-order valence-corrected chi connectivity index (χ0v) is 13.9. The monoisotopic (exact) mass is 340 g/mol. The van der Waals surface area contributed by atoms with Crippen molar-refractivity contribution in [1.82, 2.24) is 9.62 Å². The zero-order valence-electron chi connectivity index (χ0n) is 13.1. The van der Waals surface area contributed by atoms with Gasteiger partial charge in [-0.25, -0.2) is 17.9 Å². The van der Waals surface area contributed by atoms with E-state index in [0.717, 1.165) is 12.8 Å². The predicted octanol–water partition coefficient (Wildman–Crippen LogP) is 0.762. The fourth-order valence-corrected chi connectivity index (χ4v) is 3.16. The average molecular weight is 340 g/mol. The first-order valence-electron chi connectivity index (χ1n) is 7.38. The Hall–Kier alpha value is -1.93. The van der Waals surface area contributed by atoms with E-state index in [1.54, 1.807) is 4.90 Å². The lowest BCUT2D eigenvalue weighted by Crippen LogP contribution is -2.38. The molecule has 2 rings (SSSR count). The first kappa shape index (κ1) is 17.4. The van der Waals surface area contributed by atoms with Crippen LogP contribution in [0.2, 0.25) is 0 Å². The van der Waals surface area contributed by atoms with Crippen molar-refractivity contribution in [3.63, 3.8) is 0 Å².